The molecule has 4 aromatic rings. The summed E-state index contributed by atoms with van der Waals surface area (Å²) < 4.78 is 16.3. The number of pyridine rings is 1. The van der Waals surface area contributed by atoms with Gasteiger partial charge >= 0.3 is 0 Å². The summed E-state index contributed by atoms with van der Waals surface area (Å²) in [6.07, 6.45) is 4.71. The van der Waals surface area contributed by atoms with Crippen LogP contribution in [0.3, 0.4) is 0 Å². The molecule has 2 aromatic heterocycles. The molecule has 1 N–H and O–H groups in total. The number of fused-ring (bicyclic) bond motifs is 2. The summed E-state index contributed by atoms with van der Waals surface area (Å²) in [4.78, 5) is 32.0. The lowest BCUT2D eigenvalue weighted by molar-refractivity contribution is -0.115. The maximum absolute atomic E-state index is 14.9. The first-order chi connectivity index (χ1) is 14.1. The zero-order valence-electron chi connectivity index (χ0n) is 15.2. The van der Waals surface area contributed by atoms with Gasteiger partial charge in [0.25, 0.3) is 5.56 Å². The van der Waals surface area contributed by atoms with E-state index in [2.05, 4.69) is 15.3 Å². The van der Waals surface area contributed by atoms with Crippen molar-refractivity contribution in [2.75, 3.05) is 5.32 Å². The molecule has 7 heteroatoms. The third-order valence-corrected chi connectivity index (χ3v) is 5.09. The number of nitrogens with one attached hydrogen (secondary N) is 1. The summed E-state index contributed by atoms with van der Waals surface area (Å²) in [6.45, 7) is 0.0816. The van der Waals surface area contributed by atoms with E-state index in [0.29, 0.717) is 28.6 Å². The summed E-state index contributed by atoms with van der Waals surface area (Å²) in [7, 11) is 0. The average molecular weight is 386 g/mol. The van der Waals surface area contributed by atoms with Crippen LogP contribution in [0.15, 0.2) is 65.8 Å². The van der Waals surface area contributed by atoms with Crippen molar-refractivity contribution >= 4 is 22.6 Å². The molecule has 0 unspecified atom stereocenters. The summed E-state index contributed by atoms with van der Waals surface area (Å²) in [6, 6.07) is 12.2. The minimum absolute atomic E-state index is 0.0387. The highest BCUT2D eigenvalue weighted by atomic mass is 19.1. The fraction of sp³-hybridized carbons (Fsp3) is 0.0909. The second-order valence-electron chi connectivity index (χ2n) is 6.95. The number of halogens is 1. The lowest BCUT2D eigenvalue weighted by Gasteiger charge is -2.11. The maximum Gasteiger partial charge on any atom is 0.269 e. The molecular formula is C22H15FN4O2. The lowest BCUT2D eigenvalue weighted by Crippen LogP contribution is -2.21. The molecular weight excluding hydrogens is 371 g/mol. The van der Waals surface area contributed by atoms with Gasteiger partial charge in [0.05, 0.1) is 36.4 Å². The number of aromatic nitrogens is 3. The third-order valence-electron chi connectivity index (χ3n) is 5.09. The molecule has 29 heavy (non-hydrogen) atoms. The van der Waals surface area contributed by atoms with Gasteiger partial charge in [0, 0.05) is 17.4 Å². The first-order valence-electron chi connectivity index (χ1n) is 9.09. The number of hydrogen-bond acceptors (Lipinski definition) is 4. The second-order valence-corrected chi connectivity index (χ2v) is 6.95. The molecule has 5 rings (SSSR count). The fourth-order valence-electron chi connectivity index (χ4n) is 3.61. The predicted octanol–water partition coefficient (Wildman–Crippen LogP) is 3.14. The van der Waals surface area contributed by atoms with Gasteiger partial charge in [0.1, 0.15) is 5.82 Å². The van der Waals surface area contributed by atoms with Crippen LogP contribution in [-0.2, 0) is 17.8 Å². The highest BCUT2D eigenvalue weighted by Crippen LogP contribution is 2.30. The van der Waals surface area contributed by atoms with Crippen LogP contribution in [0.25, 0.3) is 22.2 Å². The van der Waals surface area contributed by atoms with Crippen molar-refractivity contribution in [2.24, 2.45) is 0 Å². The molecule has 0 saturated heterocycles. The Labute approximate surface area is 164 Å². The van der Waals surface area contributed by atoms with E-state index in [0.717, 1.165) is 16.8 Å². The van der Waals surface area contributed by atoms with Crippen molar-refractivity contribution < 1.29 is 9.18 Å². The van der Waals surface area contributed by atoms with Crippen LogP contribution in [0.5, 0.6) is 0 Å². The van der Waals surface area contributed by atoms with E-state index in [1.165, 1.54) is 16.8 Å². The summed E-state index contributed by atoms with van der Waals surface area (Å²) >= 11 is 0. The van der Waals surface area contributed by atoms with Crippen molar-refractivity contribution in [1.82, 2.24) is 14.5 Å². The normalized spacial score (nSPS) is 12.8. The van der Waals surface area contributed by atoms with Crippen LogP contribution in [0.4, 0.5) is 10.1 Å². The van der Waals surface area contributed by atoms with Gasteiger partial charge in [0.15, 0.2) is 0 Å². The molecule has 0 atom stereocenters. The Morgan fingerprint density at radius 2 is 1.86 bits per heavy atom. The van der Waals surface area contributed by atoms with E-state index < -0.39 is 5.82 Å². The molecule has 6 nitrogen and oxygen atoms in total. The first-order valence-corrected chi connectivity index (χ1v) is 9.09. The van der Waals surface area contributed by atoms with E-state index in [1.807, 2.05) is 24.3 Å². The Hall–Kier alpha value is -3.87. The Balaban J connectivity index is 1.50. The van der Waals surface area contributed by atoms with Gasteiger partial charge in [-0.25, -0.2) is 9.37 Å². The van der Waals surface area contributed by atoms with Gasteiger partial charge < -0.3 is 5.32 Å². The largest absolute Gasteiger partial charge is 0.326 e. The Bertz CT molecular complexity index is 1350. The molecule has 1 amide bonds. The van der Waals surface area contributed by atoms with E-state index in [4.69, 9.17) is 0 Å². The molecule has 0 bridgehead atoms. The van der Waals surface area contributed by atoms with Gasteiger partial charge in [-0.1, -0.05) is 18.2 Å². The number of anilines is 1. The van der Waals surface area contributed by atoms with Crippen molar-refractivity contribution in [3.05, 3.63) is 88.4 Å². The van der Waals surface area contributed by atoms with Crippen molar-refractivity contribution in [1.29, 1.82) is 0 Å². The number of amides is 1. The van der Waals surface area contributed by atoms with Crippen molar-refractivity contribution in [3.63, 3.8) is 0 Å². The molecule has 0 radical (unpaired) electrons. The second kappa shape index (κ2) is 6.63. The summed E-state index contributed by atoms with van der Waals surface area (Å²) in [5.41, 5.74) is 4.50. The van der Waals surface area contributed by atoms with Gasteiger partial charge in [-0.2, -0.15) is 0 Å². The first kappa shape index (κ1) is 17.2. The van der Waals surface area contributed by atoms with Gasteiger partial charge in [-0.05, 0) is 41.0 Å². The molecule has 1 aliphatic heterocycles. The zero-order chi connectivity index (χ0) is 20.0. The molecule has 0 spiro atoms. The fourth-order valence-corrected chi connectivity index (χ4v) is 3.61. The molecule has 2 aromatic carbocycles. The predicted molar refractivity (Wildman–Crippen MR) is 107 cm³/mol. The lowest BCUT2D eigenvalue weighted by atomic mass is 10.00. The van der Waals surface area contributed by atoms with Crippen molar-refractivity contribution in [2.45, 2.75) is 13.0 Å². The zero-order valence-corrected chi connectivity index (χ0v) is 15.2. The topological polar surface area (TPSA) is 76.9 Å². The number of benzene rings is 2. The molecule has 0 fully saturated rings. The molecule has 0 aliphatic carbocycles. The molecule has 0 saturated carbocycles. The van der Waals surface area contributed by atoms with Crippen LogP contribution in [0, 0.1) is 5.82 Å². The number of hydrogen-bond donors (Lipinski definition) is 1. The van der Waals surface area contributed by atoms with Gasteiger partial charge in [0.2, 0.25) is 5.91 Å². The quantitative estimate of drug-likeness (QED) is 0.587. The Kier molecular flexibility index (Phi) is 3.94. The Morgan fingerprint density at radius 1 is 1.03 bits per heavy atom. The maximum atomic E-state index is 14.9. The van der Waals surface area contributed by atoms with Crippen LogP contribution in [0.2, 0.25) is 0 Å². The number of carbonyl (C=O) groups excluding carboxylic acids is 1. The van der Waals surface area contributed by atoms with Crippen LogP contribution >= 0.6 is 0 Å². The number of nitrogens with zero attached hydrogens (tertiary/aromatic N) is 3. The smallest absolute Gasteiger partial charge is 0.269 e. The average Bonchev–Trinajstić information content (AvgIpc) is 3.10. The summed E-state index contributed by atoms with van der Waals surface area (Å²) in [5.74, 6) is -0.443. The van der Waals surface area contributed by atoms with Gasteiger partial charge in [-0.15, -0.1) is 0 Å². The highest BCUT2D eigenvalue weighted by Gasteiger charge is 2.18. The van der Waals surface area contributed by atoms with Gasteiger partial charge in [-0.3, -0.25) is 19.1 Å². The van der Waals surface area contributed by atoms with E-state index >= 15 is 0 Å². The minimum Gasteiger partial charge on any atom is -0.326 e. The van der Waals surface area contributed by atoms with E-state index in [-0.39, 0.29) is 18.0 Å². The monoisotopic (exact) mass is 386 g/mol. The standard InChI is InChI=1S/C22H15FN4O2/c23-17-8-14(13-3-4-18-16(7-13)9-21(28)26-18)1-2-15(17)12-27-20-10-24-6-5-19(20)25-11-22(27)29/h1-8,10-11H,9,12H2,(H,26,28). The van der Waals surface area contributed by atoms with Crippen molar-refractivity contribution in [3.8, 4) is 11.1 Å². The highest BCUT2D eigenvalue weighted by molar-refractivity contribution is 5.99. The van der Waals surface area contributed by atoms with E-state index in [9.17, 15) is 14.0 Å². The summed E-state index contributed by atoms with van der Waals surface area (Å²) in [5, 5.41) is 2.79. The minimum atomic E-state index is -0.405. The Morgan fingerprint density at radius 3 is 2.72 bits per heavy atom. The van der Waals surface area contributed by atoms with Crippen LogP contribution in [0.1, 0.15) is 11.1 Å². The van der Waals surface area contributed by atoms with Crippen LogP contribution in [-0.4, -0.2) is 20.4 Å². The van der Waals surface area contributed by atoms with E-state index in [1.54, 1.807) is 24.5 Å². The number of rotatable bonds is 3. The molecule has 142 valence electrons. The molecule has 3 heterocycles. The third kappa shape index (κ3) is 3.06. The van der Waals surface area contributed by atoms with Crippen LogP contribution < -0.4 is 10.9 Å². The number of carbonyl (C=O) groups is 1. The SMILES string of the molecule is O=C1Cc2cc(-c3ccc(Cn4c(=O)cnc5ccncc54)c(F)c3)ccc2N1. The molecule has 1 aliphatic rings.